The highest BCUT2D eigenvalue weighted by Crippen LogP contribution is 2.32. The van der Waals surface area contributed by atoms with Gasteiger partial charge in [-0.2, -0.15) is 0 Å². The minimum atomic E-state index is -3.14. The number of benzene rings is 2. The van der Waals surface area contributed by atoms with Crippen molar-refractivity contribution >= 4 is 43.3 Å². The number of esters is 1. The normalized spacial score (nSPS) is 18.2. The van der Waals surface area contributed by atoms with Gasteiger partial charge in [0.05, 0.1) is 27.3 Å². The number of rotatable bonds is 7. The highest BCUT2D eigenvalue weighted by Gasteiger charge is 2.36. The Bertz CT molecular complexity index is 1250. The lowest BCUT2D eigenvalue weighted by Gasteiger charge is -2.33. The van der Waals surface area contributed by atoms with Crippen LogP contribution in [-0.4, -0.2) is 60.4 Å². The quantitative estimate of drug-likeness (QED) is 0.470. The van der Waals surface area contributed by atoms with E-state index in [1.165, 1.54) is 11.3 Å². The highest BCUT2D eigenvalue weighted by atomic mass is 32.2. The molecular weight excluding hydrogens is 460 g/mol. The summed E-state index contributed by atoms with van der Waals surface area (Å²) in [6.45, 7) is 3.38. The number of fused-ring (bicyclic) bond motifs is 1. The molecule has 1 saturated heterocycles. The average molecular weight is 487 g/mol. The molecule has 0 unspecified atom stereocenters. The summed E-state index contributed by atoms with van der Waals surface area (Å²) in [4.78, 5) is 32.1. The molecular formula is C24H26N2O5S2. The molecule has 2 aromatic carbocycles. The van der Waals surface area contributed by atoms with Crippen LogP contribution < -0.4 is 0 Å². The molecule has 0 spiro atoms. The molecule has 7 nitrogen and oxygen atoms in total. The average Bonchev–Trinajstić information content (AvgIpc) is 3.40. The fraction of sp³-hybridized carbons (Fsp3) is 0.375. The molecule has 0 radical (unpaired) electrons. The van der Waals surface area contributed by atoms with Crippen LogP contribution in [0.1, 0.15) is 37.0 Å². The van der Waals surface area contributed by atoms with Crippen LogP contribution in [0, 0.1) is 0 Å². The zero-order valence-corrected chi connectivity index (χ0v) is 20.2. The Morgan fingerprint density at radius 3 is 2.61 bits per heavy atom. The summed E-state index contributed by atoms with van der Waals surface area (Å²) >= 11 is 1.48. The van der Waals surface area contributed by atoms with Crippen molar-refractivity contribution < 1.29 is 22.7 Å². The molecule has 0 saturated carbocycles. The molecule has 9 heteroatoms. The van der Waals surface area contributed by atoms with Gasteiger partial charge in [-0.1, -0.05) is 37.3 Å². The molecule has 174 valence electrons. The maximum absolute atomic E-state index is 13.0. The summed E-state index contributed by atoms with van der Waals surface area (Å²) < 4.78 is 30.3. The van der Waals surface area contributed by atoms with Gasteiger partial charge in [-0.05, 0) is 38.0 Å². The molecule has 1 fully saturated rings. The summed E-state index contributed by atoms with van der Waals surface area (Å²) in [5.74, 6) is -0.955. The van der Waals surface area contributed by atoms with Gasteiger partial charge in [0, 0.05) is 17.6 Å². The van der Waals surface area contributed by atoms with Crippen molar-refractivity contribution in [2.75, 3.05) is 18.1 Å². The Balaban J connectivity index is 1.51. The van der Waals surface area contributed by atoms with Gasteiger partial charge in [0.2, 0.25) is 0 Å². The third-order valence-corrected chi connectivity index (χ3v) is 8.77. The molecule has 1 aliphatic heterocycles. The van der Waals surface area contributed by atoms with Gasteiger partial charge in [-0.25, -0.2) is 18.2 Å². The van der Waals surface area contributed by atoms with E-state index in [2.05, 4.69) is 4.98 Å². The lowest BCUT2D eigenvalue weighted by atomic mass is 10.1. The molecule has 1 aromatic heterocycles. The zero-order valence-electron chi connectivity index (χ0n) is 18.6. The smallest absolute Gasteiger partial charge is 0.339 e. The SMILES string of the molecule is CC[C@@H](C)N(C(=O)COC(=O)c1ccccc1-c1nc2ccccc2s1)[C@H]1CCS(=O)(=O)C1. The zero-order chi connectivity index (χ0) is 23.6. The predicted molar refractivity (Wildman–Crippen MR) is 129 cm³/mol. The maximum Gasteiger partial charge on any atom is 0.339 e. The molecule has 1 amide bonds. The minimum Gasteiger partial charge on any atom is -0.452 e. The Labute approximate surface area is 197 Å². The van der Waals surface area contributed by atoms with Gasteiger partial charge in [-0.15, -0.1) is 11.3 Å². The number of nitrogens with zero attached hydrogens (tertiary/aromatic N) is 2. The Kier molecular flexibility index (Phi) is 6.81. The first kappa shape index (κ1) is 23.4. The standard InChI is InChI=1S/C24H26N2O5S2/c1-3-16(2)26(17-12-13-33(29,30)15-17)22(27)14-31-24(28)19-9-5-4-8-18(19)23-25-20-10-6-7-11-21(20)32-23/h4-11,16-17H,3,12-15H2,1-2H3/t16-,17+/m1/s1. The van der Waals surface area contributed by atoms with E-state index in [1.54, 1.807) is 17.0 Å². The third-order valence-electron chi connectivity index (χ3n) is 5.95. The van der Waals surface area contributed by atoms with Crippen LogP contribution >= 0.6 is 11.3 Å². The van der Waals surface area contributed by atoms with E-state index >= 15 is 0 Å². The number of ether oxygens (including phenoxy) is 1. The van der Waals surface area contributed by atoms with Crippen LogP contribution in [0.4, 0.5) is 0 Å². The number of sulfone groups is 1. The van der Waals surface area contributed by atoms with Crippen molar-refractivity contribution in [1.82, 2.24) is 9.88 Å². The monoisotopic (exact) mass is 486 g/mol. The molecule has 1 aliphatic rings. The van der Waals surface area contributed by atoms with E-state index in [0.29, 0.717) is 29.0 Å². The summed E-state index contributed by atoms with van der Waals surface area (Å²) in [5.41, 5.74) is 1.84. The summed E-state index contributed by atoms with van der Waals surface area (Å²) in [7, 11) is -3.14. The lowest BCUT2D eigenvalue weighted by Crippen LogP contribution is -2.48. The van der Waals surface area contributed by atoms with E-state index in [4.69, 9.17) is 4.74 Å². The number of hydrogen-bond acceptors (Lipinski definition) is 7. The highest BCUT2D eigenvalue weighted by molar-refractivity contribution is 7.91. The van der Waals surface area contributed by atoms with Gasteiger partial charge < -0.3 is 9.64 Å². The van der Waals surface area contributed by atoms with Crippen molar-refractivity contribution in [2.45, 2.75) is 38.8 Å². The molecule has 4 rings (SSSR count). The van der Waals surface area contributed by atoms with E-state index < -0.39 is 22.4 Å². The first-order chi connectivity index (χ1) is 15.8. The number of amides is 1. The third kappa shape index (κ3) is 5.09. The molecule has 0 bridgehead atoms. The van der Waals surface area contributed by atoms with Crippen molar-refractivity contribution in [3.63, 3.8) is 0 Å². The number of thiazole rings is 1. The minimum absolute atomic E-state index is 0.0442. The molecule has 33 heavy (non-hydrogen) atoms. The molecule has 0 N–H and O–H groups in total. The van der Waals surface area contributed by atoms with E-state index in [9.17, 15) is 18.0 Å². The van der Waals surface area contributed by atoms with Crippen LogP contribution in [0.15, 0.2) is 48.5 Å². The van der Waals surface area contributed by atoms with Gasteiger partial charge >= 0.3 is 5.97 Å². The van der Waals surface area contributed by atoms with Crippen molar-refractivity contribution in [3.05, 3.63) is 54.1 Å². The van der Waals surface area contributed by atoms with Crippen molar-refractivity contribution in [1.29, 1.82) is 0 Å². The maximum atomic E-state index is 13.0. The van der Waals surface area contributed by atoms with Gasteiger partial charge in [0.25, 0.3) is 5.91 Å². The van der Waals surface area contributed by atoms with Gasteiger partial charge in [0.1, 0.15) is 5.01 Å². The molecule has 3 aromatic rings. The second kappa shape index (κ2) is 9.61. The first-order valence-corrected chi connectivity index (χ1v) is 13.6. The Hall–Kier alpha value is -2.78. The molecule has 2 atom stereocenters. The number of carbonyl (C=O) groups excluding carboxylic acids is 2. The Morgan fingerprint density at radius 2 is 1.91 bits per heavy atom. The van der Waals surface area contributed by atoms with E-state index in [1.807, 2.05) is 50.2 Å². The summed E-state index contributed by atoms with van der Waals surface area (Å²) in [6, 6.07) is 14.2. The predicted octanol–water partition coefficient (Wildman–Crippen LogP) is 3.93. The van der Waals surface area contributed by atoms with Crippen LogP contribution in [0.25, 0.3) is 20.8 Å². The number of aromatic nitrogens is 1. The van der Waals surface area contributed by atoms with E-state index in [-0.39, 0.29) is 29.5 Å². The second-order valence-corrected chi connectivity index (χ2v) is 11.5. The number of hydrogen-bond donors (Lipinski definition) is 0. The van der Waals surface area contributed by atoms with Crippen LogP contribution in [0.5, 0.6) is 0 Å². The number of carbonyl (C=O) groups is 2. The van der Waals surface area contributed by atoms with Crippen molar-refractivity contribution in [2.24, 2.45) is 0 Å². The van der Waals surface area contributed by atoms with Crippen LogP contribution in [0.3, 0.4) is 0 Å². The number of para-hydroxylation sites is 1. The fourth-order valence-corrected chi connectivity index (χ4v) is 6.83. The van der Waals surface area contributed by atoms with Crippen LogP contribution in [-0.2, 0) is 19.4 Å². The summed E-state index contributed by atoms with van der Waals surface area (Å²) in [6.07, 6.45) is 1.09. The molecule has 2 heterocycles. The topological polar surface area (TPSA) is 93.6 Å². The first-order valence-electron chi connectivity index (χ1n) is 10.9. The fourth-order valence-electron chi connectivity index (χ4n) is 4.12. The van der Waals surface area contributed by atoms with Crippen molar-refractivity contribution in [3.8, 4) is 10.6 Å². The largest absolute Gasteiger partial charge is 0.452 e. The van der Waals surface area contributed by atoms with Gasteiger partial charge in [-0.3, -0.25) is 4.79 Å². The Morgan fingerprint density at radius 1 is 1.18 bits per heavy atom. The van der Waals surface area contributed by atoms with Crippen LogP contribution in [0.2, 0.25) is 0 Å². The molecule has 0 aliphatic carbocycles. The van der Waals surface area contributed by atoms with E-state index in [0.717, 1.165) is 10.2 Å². The van der Waals surface area contributed by atoms with Gasteiger partial charge in [0.15, 0.2) is 16.4 Å². The lowest BCUT2D eigenvalue weighted by molar-refractivity contribution is -0.138. The summed E-state index contributed by atoms with van der Waals surface area (Å²) in [5, 5.41) is 0.701. The second-order valence-electron chi connectivity index (χ2n) is 8.22.